The van der Waals surface area contributed by atoms with E-state index in [-0.39, 0.29) is 0 Å². The van der Waals surface area contributed by atoms with Crippen LogP contribution in [0.3, 0.4) is 0 Å². The number of nitrogen functional groups attached to an aromatic ring is 1. The minimum atomic E-state index is 0.517. The number of anilines is 1. The number of halogens is 1. The van der Waals surface area contributed by atoms with E-state index in [4.69, 9.17) is 26.5 Å². The number of nitrogens with two attached hydrogens (primary N) is 1. The predicted octanol–water partition coefficient (Wildman–Crippen LogP) is 4.44. The summed E-state index contributed by atoms with van der Waals surface area (Å²) in [6.07, 6.45) is 0. The Kier molecular flexibility index (Phi) is 3.47. The van der Waals surface area contributed by atoms with Gasteiger partial charge in [0.15, 0.2) is 5.58 Å². The number of hydrogen-bond donors (Lipinski definition) is 1. The van der Waals surface area contributed by atoms with Crippen molar-refractivity contribution >= 4 is 28.4 Å². The number of fused-ring (bicyclic) bond motifs is 1. The van der Waals surface area contributed by atoms with Crippen LogP contribution in [0.4, 0.5) is 5.69 Å². The van der Waals surface area contributed by atoms with Gasteiger partial charge in [-0.3, -0.25) is 0 Å². The van der Waals surface area contributed by atoms with E-state index in [1.54, 1.807) is 12.1 Å². The minimum Gasteiger partial charge on any atom is -0.492 e. The number of aryl methyl sites for hydroxylation is 1. The number of oxazole rings is 1. The van der Waals surface area contributed by atoms with Crippen molar-refractivity contribution in [3.8, 4) is 17.2 Å². The smallest absolute Gasteiger partial charge is 0.227 e. The highest BCUT2D eigenvalue weighted by Gasteiger charge is 2.12. The number of ether oxygens (including phenoxy) is 1. The maximum atomic E-state index is 6.20. The van der Waals surface area contributed by atoms with Gasteiger partial charge in [-0.2, -0.15) is 0 Å². The van der Waals surface area contributed by atoms with Gasteiger partial charge in [-0.1, -0.05) is 11.6 Å². The van der Waals surface area contributed by atoms with Crippen LogP contribution in [0.1, 0.15) is 12.5 Å². The van der Waals surface area contributed by atoms with Crippen molar-refractivity contribution in [2.45, 2.75) is 13.8 Å². The van der Waals surface area contributed by atoms with Gasteiger partial charge in [-0.25, -0.2) is 4.98 Å². The van der Waals surface area contributed by atoms with Crippen LogP contribution in [0.2, 0.25) is 5.02 Å². The lowest BCUT2D eigenvalue weighted by Crippen LogP contribution is -1.92. The van der Waals surface area contributed by atoms with Crippen molar-refractivity contribution < 1.29 is 9.15 Å². The molecule has 2 N–H and O–H groups in total. The summed E-state index contributed by atoms with van der Waals surface area (Å²) >= 11 is 6.20. The quantitative estimate of drug-likeness (QED) is 0.727. The van der Waals surface area contributed by atoms with Crippen LogP contribution in [0.5, 0.6) is 5.75 Å². The molecule has 2 aromatic carbocycles. The summed E-state index contributed by atoms with van der Waals surface area (Å²) in [5.41, 5.74) is 9.75. The molecule has 0 aliphatic carbocycles. The van der Waals surface area contributed by atoms with Gasteiger partial charge < -0.3 is 14.9 Å². The SMILES string of the molecule is CCOc1ccc(-c2nc3cc(N)cc(C)c3o2)cc1Cl. The zero-order chi connectivity index (χ0) is 15.0. The van der Waals surface area contributed by atoms with Gasteiger partial charge in [-0.05, 0) is 49.7 Å². The standard InChI is InChI=1S/C16H15ClN2O2/c1-3-20-14-5-4-10(7-12(14)17)16-19-13-8-11(18)6-9(2)15(13)21-16/h4-8H,3,18H2,1-2H3. The van der Waals surface area contributed by atoms with Crippen molar-refractivity contribution in [3.05, 3.63) is 40.9 Å². The Hall–Kier alpha value is -2.20. The van der Waals surface area contributed by atoms with Crippen molar-refractivity contribution in [3.63, 3.8) is 0 Å². The highest BCUT2D eigenvalue weighted by atomic mass is 35.5. The number of aromatic nitrogens is 1. The summed E-state index contributed by atoms with van der Waals surface area (Å²) in [5, 5.41) is 0.535. The van der Waals surface area contributed by atoms with E-state index in [9.17, 15) is 0 Å². The monoisotopic (exact) mass is 302 g/mol. The Balaban J connectivity index is 2.08. The molecule has 0 spiro atoms. The minimum absolute atomic E-state index is 0.517. The van der Waals surface area contributed by atoms with Crippen LogP contribution >= 0.6 is 11.6 Å². The Morgan fingerprint density at radius 2 is 2.10 bits per heavy atom. The van der Waals surface area contributed by atoms with Gasteiger partial charge in [0.25, 0.3) is 0 Å². The molecule has 0 atom stereocenters. The summed E-state index contributed by atoms with van der Waals surface area (Å²) in [6.45, 7) is 4.43. The lowest BCUT2D eigenvalue weighted by molar-refractivity contribution is 0.340. The molecule has 0 aliphatic rings. The maximum absolute atomic E-state index is 6.20. The van der Waals surface area contributed by atoms with Crippen LogP contribution in [0.15, 0.2) is 34.7 Å². The third kappa shape index (κ3) is 2.54. The van der Waals surface area contributed by atoms with Crippen molar-refractivity contribution in [1.82, 2.24) is 4.98 Å². The molecule has 0 unspecified atom stereocenters. The summed E-state index contributed by atoms with van der Waals surface area (Å²) in [7, 11) is 0. The Morgan fingerprint density at radius 1 is 1.29 bits per heavy atom. The molecule has 0 radical (unpaired) electrons. The van der Waals surface area contributed by atoms with E-state index in [1.165, 1.54) is 0 Å². The van der Waals surface area contributed by atoms with E-state index in [0.29, 0.717) is 29.0 Å². The van der Waals surface area contributed by atoms with E-state index in [0.717, 1.165) is 22.2 Å². The van der Waals surface area contributed by atoms with Gasteiger partial charge in [0.1, 0.15) is 11.3 Å². The molecule has 4 nitrogen and oxygen atoms in total. The molecular formula is C16H15ClN2O2. The van der Waals surface area contributed by atoms with E-state index >= 15 is 0 Å². The predicted molar refractivity (Wildman–Crippen MR) is 84.8 cm³/mol. The van der Waals surface area contributed by atoms with E-state index in [2.05, 4.69) is 4.98 Å². The summed E-state index contributed by atoms with van der Waals surface area (Å²) in [5.74, 6) is 1.17. The topological polar surface area (TPSA) is 61.3 Å². The van der Waals surface area contributed by atoms with Gasteiger partial charge in [0.2, 0.25) is 5.89 Å². The second kappa shape index (κ2) is 5.30. The molecule has 1 aromatic heterocycles. The highest BCUT2D eigenvalue weighted by molar-refractivity contribution is 6.32. The molecule has 5 heteroatoms. The Morgan fingerprint density at radius 3 is 2.81 bits per heavy atom. The zero-order valence-corrected chi connectivity index (χ0v) is 12.6. The van der Waals surface area contributed by atoms with Crippen LogP contribution < -0.4 is 10.5 Å². The third-order valence-electron chi connectivity index (χ3n) is 3.18. The van der Waals surface area contributed by atoms with Crippen LogP contribution in [-0.2, 0) is 0 Å². The van der Waals surface area contributed by atoms with Gasteiger partial charge in [-0.15, -0.1) is 0 Å². The zero-order valence-electron chi connectivity index (χ0n) is 11.8. The number of rotatable bonds is 3. The molecule has 0 saturated carbocycles. The number of benzene rings is 2. The Bertz CT molecular complexity index is 811. The second-order valence-electron chi connectivity index (χ2n) is 4.78. The molecule has 3 rings (SSSR count). The molecule has 3 aromatic rings. The van der Waals surface area contributed by atoms with Gasteiger partial charge >= 0.3 is 0 Å². The summed E-state index contributed by atoms with van der Waals surface area (Å²) < 4.78 is 11.3. The normalized spacial score (nSPS) is 11.0. The molecule has 0 aliphatic heterocycles. The fraction of sp³-hybridized carbons (Fsp3) is 0.188. The molecule has 108 valence electrons. The van der Waals surface area contributed by atoms with Crippen LogP contribution in [-0.4, -0.2) is 11.6 Å². The number of nitrogens with zero attached hydrogens (tertiary/aromatic N) is 1. The van der Waals surface area contributed by atoms with Crippen molar-refractivity contribution in [2.75, 3.05) is 12.3 Å². The summed E-state index contributed by atoms with van der Waals surface area (Å²) in [4.78, 5) is 4.48. The van der Waals surface area contributed by atoms with Crippen LogP contribution in [0, 0.1) is 6.92 Å². The van der Waals surface area contributed by atoms with E-state index < -0.39 is 0 Å². The lowest BCUT2D eigenvalue weighted by atomic mass is 10.2. The molecule has 1 heterocycles. The second-order valence-corrected chi connectivity index (χ2v) is 5.19. The first-order valence-electron chi connectivity index (χ1n) is 6.68. The molecule has 0 bridgehead atoms. The average Bonchev–Trinajstić information content (AvgIpc) is 2.85. The molecule has 21 heavy (non-hydrogen) atoms. The van der Waals surface area contributed by atoms with Crippen molar-refractivity contribution in [1.29, 1.82) is 0 Å². The molecule has 0 fully saturated rings. The largest absolute Gasteiger partial charge is 0.492 e. The first-order chi connectivity index (χ1) is 10.1. The summed E-state index contributed by atoms with van der Waals surface area (Å²) in [6, 6.07) is 9.14. The lowest BCUT2D eigenvalue weighted by Gasteiger charge is -2.05. The van der Waals surface area contributed by atoms with Gasteiger partial charge in [0.05, 0.1) is 11.6 Å². The molecular weight excluding hydrogens is 288 g/mol. The molecule has 0 saturated heterocycles. The van der Waals surface area contributed by atoms with Crippen molar-refractivity contribution in [2.24, 2.45) is 0 Å². The number of hydrogen-bond acceptors (Lipinski definition) is 4. The average molecular weight is 303 g/mol. The van der Waals surface area contributed by atoms with Crippen LogP contribution in [0.25, 0.3) is 22.6 Å². The first-order valence-corrected chi connectivity index (χ1v) is 7.05. The molecule has 0 amide bonds. The maximum Gasteiger partial charge on any atom is 0.227 e. The first kappa shape index (κ1) is 13.8. The fourth-order valence-electron chi connectivity index (χ4n) is 2.26. The van der Waals surface area contributed by atoms with Gasteiger partial charge in [0, 0.05) is 11.3 Å². The fourth-order valence-corrected chi connectivity index (χ4v) is 2.49. The Labute approximate surface area is 127 Å². The van der Waals surface area contributed by atoms with E-state index in [1.807, 2.05) is 32.0 Å². The third-order valence-corrected chi connectivity index (χ3v) is 3.47. The highest BCUT2D eigenvalue weighted by Crippen LogP contribution is 2.32.